The number of hydrogen-bond donors (Lipinski definition) is 1. The number of aromatic nitrogens is 2. The Morgan fingerprint density at radius 3 is 2.82 bits per heavy atom. The summed E-state index contributed by atoms with van der Waals surface area (Å²) in [4.78, 5) is 11.0. The Hall–Kier alpha value is -1.20. The summed E-state index contributed by atoms with van der Waals surface area (Å²) >= 11 is 0. The molecule has 1 aliphatic heterocycles. The van der Waals surface area contributed by atoms with E-state index in [1.54, 1.807) is 13.3 Å². The quantitative estimate of drug-likeness (QED) is 0.840. The van der Waals surface area contributed by atoms with Crippen molar-refractivity contribution in [3.8, 4) is 5.88 Å². The van der Waals surface area contributed by atoms with Gasteiger partial charge in [-0.3, -0.25) is 9.88 Å². The van der Waals surface area contributed by atoms with Crippen LogP contribution in [0.15, 0.2) is 6.20 Å². The van der Waals surface area contributed by atoms with Crippen LogP contribution in [0, 0.1) is 6.92 Å². The van der Waals surface area contributed by atoms with Crippen molar-refractivity contribution in [2.45, 2.75) is 32.4 Å². The zero-order valence-corrected chi connectivity index (χ0v) is 10.4. The van der Waals surface area contributed by atoms with Gasteiger partial charge >= 0.3 is 0 Å². The van der Waals surface area contributed by atoms with Gasteiger partial charge in [0.15, 0.2) is 0 Å². The van der Waals surface area contributed by atoms with Crippen LogP contribution in [0.25, 0.3) is 0 Å². The number of rotatable bonds is 3. The summed E-state index contributed by atoms with van der Waals surface area (Å²) in [6, 6.07) is 0. The lowest BCUT2D eigenvalue weighted by Gasteiger charge is -2.29. The van der Waals surface area contributed by atoms with Gasteiger partial charge < -0.3 is 9.84 Å². The first-order chi connectivity index (χ1) is 8.19. The first kappa shape index (κ1) is 12.3. The van der Waals surface area contributed by atoms with E-state index < -0.39 is 0 Å². The molecular formula is C12H19N3O2. The van der Waals surface area contributed by atoms with E-state index in [1.165, 1.54) is 0 Å². The lowest BCUT2D eigenvalue weighted by atomic mass is 10.1. The largest absolute Gasteiger partial charge is 0.480 e. The summed E-state index contributed by atoms with van der Waals surface area (Å²) < 4.78 is 5.24. The molecule has 17 heavy (non-hydrogen) atoms. The molecule has 5 nitrogen and oxygen atoms in total. The highest BCUT2D eigenvalue weighted by Gasteiger charge is 2.19. The van der Waals surface area contributed by atoms with Gasteiger partial charge in [0.25, 0.3) is 0 Å². The molecule has 0 spiro atoms. The van der Waals surface area contributed by atoms with Crippen LogP contribution >= 0.6 is 0 Å². The molecule has 94 valence electrons. The Bertz CT molecular complexity index is 376. The maximum atomic E-state index is 9.45. The maximum absolute atomic E-state index is 9.45. The number of likely N-dealkylation sites (tertiary alicyclic amines) is 1. The van der Waals surface area contributed by atoms with Crippen molar-refractivity contribution in [2.24, 2.45) is 0 Å². The topological polar surface area (TPSA) is 58.5 Å². The molecule has 0 aromatic carbocycles. The Morgan fingerprint density at radius 2 is 2.18 bits per heavy atom. The van der Waals surface area contributed by atoms with E-state index in [0.717, 1.165) is 43.9 Å². The number of nitrogens with zero attached hydrogens (tertiary/aromatic N) is 3. The lowest BCUT2D eigenvalue weighted by Crippen LogP contribution is -2.35. The van der Waals surface area contributed by atoms with Gasteiger partial charge in [-0.2, -0.15) is 0 Å². The van der Waals surface area contributed by atoms with E-state index in [2.05, 4.69) is 14.9 Å². The molecule has 0 aliphatic carbocycles. The molecule has 1 N–H and O–H groups in total. The van der Waals surface area contributed by atoms with Crippen molar-refractivity contribution < 1.29 is 9.84 Å². The zero-order chi connectivity index (χ0) is 12.3. The van der Waals surface area contributed by atoms with Gasteiger partial charge in [-0.05, 0) is 19.8 Å². The second-order valence-electron chi connectivity index (χ2n) is 4.47. The molecule has 1 aliphatic rings. The second kappa shape index (κ2) is 5.42. The first-order valence-electron chi connectivity index (χ1n) is 5.96. The standard InChI is InChI=1S/C12H19N3O2/c1-9-7-13-11(12(14-9)17-2)8-15-5-3-10(16)4-6-15/h7,10,16H,3-6,8H2,1-2H3. The fraction of sp³-hybridized carbons (Fsp3) is 0.667. The molecule has 0 saturated carbocycles. The molecule has 0 bridgehead atoms. The minimum absolute atomic E-state index is 0.141. The number of aliphatic hydroxyl groups excluding tert-OH is 1. The third-order valence-electron chi connectivity index (χ3n) is 3.06. The maximum Gasteiger partial charge on any atom is 0.236 e. The van der Waals surface area contributed by atoms with Crippen LogP contribution in [0.5, 0.6) is 5.88 Å². The molecule has 1 fully saturated rings. The molecule has 2 rings (SSSR count). The number of aliphatic hydroxyl groups is 1. The lowest BCUT2D eigenvalue weighted by molar-refractivity contribution is 0.0781. The SMILES string of the molecule is COc1nc(C)cnc1CN1CCC(O)CC1. The normalized spacial score (nSPS) is 18.3. The Morgan fingerprint density at radius 1 is 1.47 bits per heavy atom. The van der Waals surface area contributed by atoms with Crippen LogP contribution in [0.1, 0.15) is 24.2 Å². The highest BCUT2D eigenvalue weighted by Crippen LogP contribution is 2.18. The van der Waals surface area contributed by atoms with Crippen molar-refractivity contribution in [2.75, 3.05) is 20.2 Å². The molecular weight excluding hydrogens is 218 g/mol. The third-order valence-corrected chi connectivity index (χ3v) is 3.06. The number of piperidine rings is 1. The average Bonchev–Trinajstić information content (AvgIpc) is 2.34. The first-order valence-corrected chi connectivity index (χ1v) is 5.96. The minimum Gasteiger partial charge on any atom is -0.480 e. The van der Waals surface area contributed by atoms with Crippen LogP contribution in [0.4, 0.5) is 0 Å². The van der Waals surface area contributed by atoms with Crippen molar-refractivity contribution >= 4 is 0 Å². The molecule has 1 aromatic rings. The predicted octanol–water partition coefficient (Wildman–Crippen LogP) is 0.750. The summed E-state index contributed by atoms with van der Waals surface area (Å²) in [6.45, 7) is 4.44. The van der Waals surface area contributed by atoms with Gasteiger partial charge in [0, 0.05) is 25.8 Å². The second-order valence-corrected chi connectivity index (χ2v) is 4.47. The van der Waals surface area contributed by atoms with E-state index in [4.69, 9.17) is 4.74 Å². The van der Waals surface area contributed by atoms with Gasteiger partial charge in [-0.15, -0.1) is 0 Å². The van der Waals surface area contributed by atoms with Gasteiger partial charge in [0.2, 0.25) is 5.88 Å². The smallest absolute Gasteiger partial charge is 0.236 e. The number of ether oxygens (including phenoxy) is 1. The highest BCUT2D eigenvalue weighted by molar-refractivity contribution is 5.19. The fourth-order valence-corrected chi connectivity index (χ4v) is 2.04. The molecule has 1 saturated heterocycles. The van der Waals surface area contributed by atoms with E-state index in [9.17, 15) is 5.11 Å². The highest BCUT2D eigenvalue weighted by atomic mass is 16.5. The molecule has 0 radical (unpaired) electrons. The van der Waals surface area contributed by atoms with E-state index in [-0.39, 0.29) is 6.10 Å². The summed E-state index contributed by atoms with van der Waals surface area (Å²) in [5, 5.41) is 9.45. The number of methoxy groups -OCH3 is 1. The molecule has 0 unspecified atom stereocenters. The molecule has 0 atom stereocenters. The summed E-state index contributed by atoms with van der Waals surface area (Å²) in [7, 11) is 1.62. The van der Waals surface area contributed by atoms with Crippen molar-refractivity contribution in [1.29, 1.82) is 0 Å². The van der Waals surface area contributed by atoms with Crippen molar-refractivity contribution in [3.63, 3.8) is 0 Å². The molecule has 1 aromatic heterocycles. The van der Waals surface area contributed by atoms with Crippen LogP contribution in [0.2, 0.25) is 0 Å². The molecule has 2 heterocycles. The third kappa shape index (κ3) is 3.14. The summed E-state index contributed by atoms with van der Waals surface area (Å²) in [5.41, 5.74) is 1.73. The number of hydrogen-bond acceptors (Lipinski definition) is 5. The molecule has 0 amide bonds. The summed E-state index contributed by atoms with van der Waals surface area (Å²) in [6.07, 6.45) is 3.29. The Kier molecular flexibility index (Phi) is 3.91. The van der Waals surface area contributed by atoms with Gasteiger partial charge in [0.1, 0.15) is 5.69 Å². The predicted molar refractivity (Wildman–Crippen MR) is 63.8 cm³/mol. The number of aryl methyl sites for hydroxylation is 1. The van der Waals surface area contributed by atoms with Crippen LogP contribution in [-0.4, -0.2) is 46.3 Å². The van der Waals surface area contributed by atoms with E-state index in [0.29, 0.717) is 5.88 Å². The van der Waals surface area contributed by atoms with Crippen LogP contribution in [0.3, 0.4) is 0 Å². The van der Waals surface area contributed by atoms with Gasteiger partial charge in [-0.1, -0.05) is 0 Å². The average molecular weight is 237 g/mol. The van der Waals surface area contributed by atoms with Gasteiger partial charge in [0.05, 0.1) is 18.9 Å². The molecule has 5 heteroatoms. The van der Waals surface area contributed by atoms with Crippen molar-refractivity contribution in [3.05, 3.63) is 17.6 Å². The van der Waals surface area contributed by atoms with Crippen LogP contribution in [-0.2, 0) is 6.54 Å². The van der Waals surface area contributed by atoms with E-state index in [1.807, 2.05) is 6.92 Å². The van der Waals surface area contributed by atoms with Crippen molar-refractivity contribution in [1.82, 2.24) is 14.9 Å². The Balaban J connectivity index is 2.03. The minimum atomic E-state index is -0.141. The van der Waals surface area contributed by atoms with Gasteiger partial charge in [-0.25, -0.2) is 4.98 Å². The Labute approximate surface area is 101 Å². The zero-order valence-electron chi connectivity index (χ0n) is 10.4. The monoisotopic (exact) mass is 237 g/mol. The summed E-state index contributed by atoms with van der Waals surface area (Å²) in [5.74, 6) is 0.608. The van der Waals surface area contributed by atoms with E-state index >= 15 is 0 Å². The fourth-order valence-electron chi connectivity index (χ4n) is 2.04. The van der Waals surface area contributed by atoms with Crippen LogP contribution < -0.4 is 4.74 Å².